The average Bonchev–Trinajstić information content (AvgIpc) is 3.31. The second kappa shape index (κ2) is 6.89. The third-order valence-electron chi connectivity index (χ3n) is 4.04. The Balaban J connectivity index is 2.05. The number of carbonyl (C=O) groups is 3. The molecular formula is C17H20FNO4. The lowest BCUT2D eigenvalue weighted by molar-refractivity contribution is -0.150. The number of nitrogens with zero attached hydrogens (tertiary/aromatic N) is 1. The minimum atomic E-state index is -1.06. The quantitative estimate of drug-likeness (QED) is 0.783. The van der Waals surface area contributed by atoms with E-state index >= 15 is 0 Å². The highest BCUT2D eigenvalue weighted by molar-refractivity contribution is 5.99. The first kappa shape index (κ1) is 17.1. The van der Waals surface area contributed by atoms with Gasteiger partial charge in [0.2, 0.25) is 5.91 Å². The zero-order valence-electron chi connectivity index (χ0n) is 13.2. The summed E-state index contributed by atoms with van der Waals surface area (Å²) in [4.78, 5) is 37.2. The molecule has 0 aliphatic heterocycles. The molecule has 0 aromatic heterocycles. The summed E-state index contributed by atoms with van der Waals surface area (Å²) in [7, 11) is 0. The van der Waals surface area contributed by atoms with Gasteiger partial charge in [-0.3, -0.25) is 9.59 Å². The van der Waals surface area contributed by atoms with E-state index in [0.717, 1.165) is 18.9 Å². The maximum atomic E-state index is 13.2. The van der Waals surface area contributed by atoms with Crippen LogP contribution in [0.2, 0.25) is 0 Å². The molecule has 0 radical (unpaired) electrons. The molecule has 1 saturated carbocycles. The molecule has 23 heavy (non-hydrogen) atoms. The van der Waals surface area contributed by atoms with Gasteiger partial charge < -0.3 is 10.0 Å². The van der Waals surface area contributed by atoms with Crippen molar-refractivity contribution in [3.05, 3.63) is 35.6 Å². The van der Waals surface area contributed by atoms with Gasteiger partial charge in [0.15, 0.2) is 5.78 Å². The fourth-order valence-electron chi connectivity index (χ4n) is 2.59. The van der Waals surface area contributed by atoms with Crippen LogP contribution in [0.1, 0.15) is 43.5 Å². The standard InChI is InChI=1S/C17H20FNO4/c1-10(16(21)12-4-3-5-13(18)9-12)8-15(20)19(14-6-7-14)11(2)17(22)23/h3-5,9-11,14H,6-8H2,1-2H3,(H,22,23). The number of ketones is 1. The molecule has 2 rings (SSSR count). The Morgan fingerprint density at radius 3 is 2.48 bits per heavy atom. The Hall–Kier alpha value is -2.24. The summed E-state index contributed by atoms with van der Waals surface area (Å²) in [5.41, 5.74) is 0.217. The van der Waals surface area contributed by atoms with E-state index < -0.39 is 23.7 Å². The molecule has 5 nitrogen and oxygen atoms in total. The van der Waals surface area contributed by atoms with Crippen LogP contribution in [-0.4, -0.2) is 39.7 Å². The summed E-state index contributed by atoms with van der Waals surface area (Å²) < 4.78 is 13.2. The highest BCUT2D eigenvalue weighted by atomic mass is 19.1. The van der Waals surface area contributed by atoms with E-state index in [2.05, 4.69) is 0 Å². The predicted octanol–water partition coefficient (Wildman–Crippen LogP) is 2.50. The Morgan fingerprint density at radius 1 is 1.30 bits per heavy atom. The van der Waals surface area contributed by atoms with Crippen molar-refractivity contribution in [3.63, 3.8) is 0 Å². The molecule has 1 aromatic carbocycles. The molecule has 1 amide bonds. The third-order valence-corrected chi connectivity index (χ3v) is 4.04. The maximum absolute atomic E-state index is 13.2. The molecule has 6 heteroatoms. The topological polar surface area (TPSA) is 74.7 Å². The highest BCUT2D eigenvalue weighted by Crippen LogP contribution is 2.30. The molecule has 1 aliphatic rings. The smallest absolute Gasteiger partial charge is 0.326 e. The molecular weight excluding hydrogens is 301 g/mol. The first-order valence-electron chi connectivity index (χ1n) is 7.65. The van der Waals surface area contributed by atoms with Crippen LogP contribution in [-0.2, 0) is 9.59 Å². The van der Waals surface area contributed by atoms with Crippen LogP contribution in [0, 0.1) is 11.7 Å². The van der Waals surface area contributed by atoms with E-state index in [9.17, 15) is 18.8 Å². The summed E-state index contributed by atoms with van der Waals surface area (Å²) >= 11 is 0. The minimum Gasteiger partial charge on any atom is -0.480 e. The molecule has 2 atom stereocenters. The number of carboxylic acid groups (broad SMARTS) is 1. The monoisotopic (exact) mass is 321 g/mol. The van der Waals surface area contributed by atoms with Gasteiger partial charge in [-0.15, -0.1) is 0 Å². The molecule has 1 aliphatic carbocycles. The van der Waals surface area contributed by atoms with Crippen molar-refractivity contribution in [1.82, 2.24) is 4.90 Å². The first-order chi connectivity index (χ1) is 10.8. The zero-order valence-corrected chi connectivity index (χ0v) is 13.2. The number of carbonyl (C=O) groups excluding carboxylic acids is 2. The van der Waals surface area contributed by atoms with E-state index in [1.54, 1.807) is 6.92 Å². The van der Waals surface area contributed by atoms with Gasteiger partial charge in [-0.1, -0.05) is 19.1 Å². The number of carboxylic acids is 1. The average molecular weight is 321 g/mol. The summed E-state index contributed by atoms with van der Waals surface area (Å²) in [6.07, 6.45) is 1.49. The van der Waals surface area contributed by atoms with E-state index in [1.807, 2.05) is 0 Å². The van der Waals surface area contributed by atoms with Crippen molar-refractivity contribution in [1.29, 1.82) is 0 Å². The van der Waals surface area contributed by atoms with Crippen LogP contribution >= 0.6 is 0 Å². The number of hydrogen-bond donors (Lipinski definition) is 1. The number of aliphatic carboxylic acids is 1. The minimum absolute atomic E-state index is 0.0509. The predicted molar refractivity (Wildman–Crippen MR) is 81.5 cm³/mol. The van der Waals surface area contributed by atoms with Gasteiger partial charge in [0.25, 0.3) is 0 Å². The van der Waals surface area contributed by atoms with Crippen molar-refractivity contribution < 1.29 is 23.9 Å². The van der Waals surface area contributed by atoms with Crippen LogP contribution in [0.3, 0.4) is 0 Å². The van der Waals surface area contributed by atoms with Gasteiger partial charge in [0, 0.05) is 23.9 Å². The molecule has 0 heterocycles. The summed E-state index contributed by atoms with van der Waals surface area (Å²) in [6.45, 7) is 3.07. The first-order valence-corrected chi connectivity index (χ1v) is 7.65. The zero-order chi connectivity index (χ0) is 17.1. The number of amides is 1. The normalized spacial score (nSPS) is 16.5. The lowest BCUT2D eigenvalue weighted by Gasteiger charge is -2.27. The molecule has 1 fully saturated rings. The van der Waals surface area contributed by atoms with Gasteiger partial charge in [-0.05, 0) is 31.9 Å². The number of hydrogen-bond acceptors (Lipinski definition) is 3. The van der Waals surface area contributed by atoms with E-state index in [-0.39, 0.29) is 29.7 Å². The summed E-state index contributed by atoms with van der Waals surface area (Å²) in [6, 6.07) is 4.37. The largest absolute Gasteiger partial charge is 0.480 e. The van der Waals surface area contributed by atoms with Crippen molar-refractivity contribution in [2.45, 2.75) is 45.2 Å². The number of benzene rings is 1. The van der Waals surface area contributed by atoms with Crippen LogP contribution < -0.4 is 0 Å². The van der Waals surface area contributed by atoms with E-state index in [4.69, 9.17) is 5.11 Å². The van der Waals surface area contributed by atoms with Crippen LogP contribution in [0.25, 0.3) is 0 Å². The molecule has 0 spiro atoms. The second-order valence-electron chi connectivity index (χ2n) is 6.03. The second-order valence-corrected chi connectivity index (χ2v) is 6.03. The molecule has 0 bridgehead atoms. The van der Waals surface area contributed by atoms with Crippen LogP contribution in [0.4, 0.5) is 4.39 Å². The lowest BCUT2D eigenvalue weighted by atomic mass is 9.95. The molecule has 2 unspecified atom stereocenters. The van der Waals surface area contributed by atoms with Gasteiger partial charge >= 0.3 is 5.97 Å². The molecule has 1 N–H and O–H groups in total. The number of Topliss-reactive ketones (excluding diaryl/α,β-unsaturated/α-hetero) is 1. The molecule has 124 valence electrons. The fraction of sp³-hybridized carbons (Fsp3) is 0.471. The van der Waals surface area contributed by atoms with Crippen LogP contribution in [0.5, 0.6) is 0 Å². The van der Waals surface area contributed by atoms with Crippen LogP contribution in [0.15, 0.2) is 24.3 Å². The maximum Gasteiger partial charge on any atom is 0.326 e. The SMILES string of the molecule is CC(CC(=O)N(C1CC1)C(C)C(=O)O)C(=O)c1cccc(F)c1. The Bertz CT molecular complexity index is 627. The Labute approximate surface area is 134 Å². The Kier molecular flexibility index (Phi) is 5.13. The van der Waals surface area contributed by atoms with Gasteiger partial charge in [-0.25, -0.2) is 9.18 Å². The van der Waals surface area contributed by atoms with Crippen molar-refractivity contribution in [2.24, 2.45) is 5.92 Å². The van der Waals surface area contributed by atoms with E-state index in [1.165, 1.54) is 30.0 Å². The van der Waals surface area contributed by atoms with Crippen molar-refractivity contribution in [2.75, 3.05) is 0 Å². The number of halogens is 1. The molecule has 0 saturated heterocycles. The highest BCUT2D eigenvalue weighted by Gasteiger charge is 2.39. The van der Waals surface area contributed by atoms with Gasteiger partial charge in [0.05, 0.1) is 0 Å². The fourth-order valence-corrected chi connectivity index (χ4v) is 2.59. The molecule has 1 aromatic rings. The summed E-state index contributed by atoms with van der Waals surface area (Å²) in [5, 5.41) is 9.13. The third kappa shape index (κ3) is 4.15. The van der Waals surface area contributed by atoms with Gasteiger partial charge in [-0.2, -0.15) is 0 Å². The lowest BCUT2D eigenvalue weighted by Crippen LogP contribution is -2.45. The van der Waals surface area contributed by atoms with Gasteiger partial charge in [0.1, 0.15) is 11.9 Å². The number of rotatable bonds is 7. The summed E-state index contributed by atoms with van der Waals surface area (Å²) in [5.74, 6) is -2.87. The Morgan fingerprint density at radius 2 is 1.96 bits per heavy atom. The van der Waals surface area contributed by atoms with Crippen molar-refractivity contribution in [3.8, 4) is 0 Å². The van der Waals surface area contributed by atoms with Crippen molar-refractivity contribution >= 4 is 17.7 Å². The van der Waals surface area contributed by atoms with E-state index in [0.29, 0.717) is 0 Å².